The standard InChI is InChI=1S/C9H9ClN2.C2H6/c1-6-8-5-7(10)3-4-9(8)12(2)11-6;1-2/h3-5H,1-2H3;1-2H3. The lowest BCUT2D eigenvalue weighted by Gasteiger charge is -1.93. The van der Waals surface area contributed by atoms with Crippen LogP contribution in [-0.2, 0) is 7.05 Å². The van der Waals surface area contributed by atoms with E-state index >= 15 is 0 Å². The van der Waals surface area contributed by atoms with Gasteiger partial charge in [0, 0.05) is 17.5 Å². The average Bonchev–Trinajstić information content (AvgIpc) is 2.46. The molecule has 0 radical (unpaired) electrons. The Balaban J connectivity index is 0.000000461. The fourth-order valence-electron chi connectivity index (χ4n) is 1.41. The molecule has 1 aromatic heterocycles. The first-order chi connectivity index (χ1) is 6.68. The van der Waals surface area contributed by atoms with E-state index in [1.54, 1.807) is 0 Å². The Bertz CT molecular complexity index is 432. The first kappa shape index (κ1) is 11.1. The molecule has 0 atom stereocenters. The van der Waals surface area contributed by atoms with E-state index in [0.717, 1.165) is 21.6 Å². The van der Waals surface area contributed by atoms with E-state index in [2.05, 4.69) is 5.10 Å². The van der Waals surface area contributed by atoms with Gasteiger partial charge >= 0.3 is 0 Å². The monoisotopic (exact) mass is 210 g/mol. The van der Waals surface area contributed by atoms with Crippen LogP contribution in [0.2, 0.25) is 5.02 Å². The van der Waals surface area contributed by atoms with Crippen LogP contribution in [0.15, 0.2) is 18.2 Å². The Hall–Kier alpha value is -1.02. The summed E-state index contributed by atoms with van der Waals surface area (Å²) in [5.74, 6) is 0. The summed E-state index contributed by atoms with van der Waals surface area (Å²) in [5.41, 5.74) is 2.15. The lowest BCUT2D eigenvalue weighted by molar-refractivity contribution is 0.783. The highest BCUT2D eigenvalue weighted by atomic mass is 35.5. The molecule has 0 N–H and O–H groups in total. The first-order valence-electron chi connectivity index (χ1n) is 4.77. The number of halogens is 1. The highest BCUT2D eigenvalue weighted by Gasteiger charge is 2.03. The van der Waals surface area contributed by atoms with Crippen LogP contribution in [0.4, 0.5) is 0 Å². The van der Waals surface area contributed by atoms with Crippen molar-refractivity contribution in [1.29, 1.82) is 0 Å². The number of aromatic nitrogens is 2. The van der Waals surface area contributed by atoms with Gasteiger partial charge in [0.2, 0.25) is 0 Å². The van der Waals surface area contributed by atoms with Gasteiger partial charge in [-0.05, 0) is 25.1 Å². The third-order valence-electron chi connectivity index (χ3n) is 2.00. The van der Waals surface area contributed by atoms with Crippen LogP contribution in [0.5, 0.6) is 0 Å². The highest BCUT2D eigenvalue weighted by molar-refractivity contribution is 6.31. The van der Waals surface area contributed by atoms with Crippen molar-refractivity contribution < 1.29 is 0 Å². The molecular formula is C11H15ClN2. The molecule has 1 aromatic carbocycles. The quantitative estimate of drug-likeness (QED) is 0.650. The number of rotatable bonds is 0. The van der Waals surface area contributed by atoms with Crippen molar-refractivity contribution in [3.63, 3.8) is 0 Å². The number of fused-ring (bicyclic) bond motifs is 1. The van der Waals surface area contributed by atoms with Gasteiger partial charge in [-0.3, -0.25) is 4.68 Å². The van der Waals surface area contributed by atoms with Crippen molar-refractivity contribution in [3.05, 3.63) is 28.9 Å². The lowest BCUT2D eigenvalue weighted by atomic mass is 10.2. The molecule has 0 spiro atoms. The normalized spacial score (nSPS) is 9.79. The molecule has 2 rings (SSSR count). The zero-order valence-electron chi connectivity index (χ0n) is 9.00. The summed E-state index contributed by atoms with van der Waals surface area (Å²) >= 11 is 5.86. The molecule has 0 aliphatic rings. The molecule has 1 heterocycles. The van der Waals surface area contributed by atoms with Crippen molar-refractivity contribution in [2.75, 3.05) is 0 Å². The maximum absolute atomic E-state index is 5.86. The molecule has 3 heteroatoms. The number of hydrogen-bond donors (Lipinski definition) is 0. The smallest absolute Gasteiger partial charge is 0.0682 e. The minimum Gasteiger partial charge on any atom is -0.268 e. The van der Waals surface area contributed by atoms with Gasteiger partial charge in [-0.25, -0.2) is 0 Å². The van der Waals surface area contributed by atoms with Crippen molar-refractivity contribution in [1.82, 2.24) is 9.78 Å². The van der Waals surface area contributed by atoms with E-state index in [9.17, 15) is 0 Å². The summed E-state index contributed by atoms with van der Waals surface area (Å²) < 4.78 is 1.86. The van der Waals surface area contributed by atoms with Crippen LogP contribution in [0.25, 0.3) is 10.9 Å². The topological polar surface area (TPSA) is 17.8 Å². The fraction of sp³-hybridized carbons (Fsp3) is 0.364. The minimum absolute atomic E-state index is 0.763. The minimum atomic E-state index is 0.763. The maximum atomic E-state index is 5.86. The number of hydrogen-bond acceptors (Lipinski definition) is 1. The van der Waals surface area contributed by atoms with Crippen molar-refractivity contribution in [2.45, 2.75) is 20.8 Å². The molecular weight excluding hydrogens is 196 g/mol. The van der Waals surface area contributed by atoms with Crippen LogP contribution < -0.4 is 0 Å². The molecule has 0 fully saturated rings. The van der Waals surface area contributed by atoms with Gasteiger partial charge in [-0.15, -0.1) is 0 Å². The fourth-order valence-corrected chi connectivity index (χ4v) is 1.59. The van der Waals surface area contributed by atoms with E-state index in [1.165, 1.54) is 0 Å². The molecule has 0 aliphatic heterocycles. The van der Waals surface area contributed by atoms with Gasteiger partial charge < -0.3 is 0 Å². The molecule has 76 valence electrons. The zero-order chi connectivity index (χ0) is 10.7. The van der Waals surface area contributed by atoms with Crippen LogP contribution in [0, 0.1) is 6.92 Å². The van der Waals surface area contributed by atoms with Crippen molar-refractivity contribution >= 4 is 22.5 Å². The van der Waals surface area contributed by atoms with Crippen molar-refractivity contribution in [2.24, 2.45) is 7.05 Å². The molecule has 0 saturated carbocycles. The Morgan fingerprint density at radius 1 is 1.29 bits per heavy atom. The Labute approximate surface area is 89.5 Å². The molecule has 0 unspecified atom stereocenters. The molecule has 2 nitrogen and oxygen atoms in total. The number of benzene rings is 1. The molecule has 2 aromatic rings. The second-order valence-corrected chi connectivity index (χ2v) is 3.31. The van der Waals surface area contributed by atoms with Gasteiger partial charge in [-0.1, -0.05) is 25.4 Å². The molecule has 0 bridgehead atoms. The third-order valence-corrected chi connectivity index (χ3v) is 2.23. The van der Waals surface area contributed by atoms with Gasteiger partial charge in [0.05, 0.1) is 11.2 Å². The van der Waals surface area contributed by atoms with E-state index in [1.807, 2.05) is 50.7 Å². The number of aryl methyl sites for hydroxylation is 2. The Kier molecular flexibility index (Phi) is 3.53. The van der Waals surface area contributed by atoms with Crippen LogP contribution in [-0.4, -0.2) is 9.78 Å². The van der Waals surface area contributed by atoms with Crippen LogP contribution in [0.1, 0.15) is 19.5 Å². The maximum Gasteiger partial charge on any atom is 0.0682 e. The molecule has 0 aliphatic carbocycles. The predicted molar refractivity (Wildman–Crippen MR) is 61.8 cm³/mol. The predicted octanol–water partition coefficient (Wildman–Crippen LogP) is 3.56. The average molecular weight is 211 g/mol. The van der Waals surface area contributed by atoms with E-state index < -0.39 is 0 Å². The van der Waals surface area contributed by atoms with E-state index in [0.29, 0.717) is 0 Å². The number of nitrogens with zero attached hydrogens (tertiary/aromatic N) is 2. The van der Waals surface area contributed by atoms with Gasteiger partial charge in [0.15, 0.2) is 0 Å². The van der Waals surface area contributed by atoms with Gasteiger partial charge in [0.1, 0.15) is 0 Å². The first-order valence-corrected chi connectivity index (χ1v) is 5.15. The largest absolute Gasteiger partial charge is 0.268 e. The summed E-state index contributed by atoms with van der Waals surface area (Å²) in [6, 6.07) is 5.81. The zero-order valence-corrected chi connectivity index (χ0v) is 9.76. The van der Waals surface area contributed by atoms with Crippen LogP contribution >= 0.6 is 11.6 Å². The Morgan fingerprint density at radius 3 is 2.57 bits per heavy atom. The second kappa shape index (κ2) is 4.47. The summed E-state index contributed by atoms with van der Waals surface area (Å²) in [7, 11) is 1.93. The third kappa shape index (κ3) is 1.90. The Morgan fingerprint density at radius 2 is 1.93 bits per heavy atom. The van der Waals surface area contributed by atoms with Crippen LogP contribution in [0.3, 0.4) is 0 Å². The molecule has 14 heavy (non-hydrogen) atoms. The summed E-state index contributed by atoms with van der Waals surface area (Å²) in [6.45, 7) is 5.98. The lowest BCUT2D eigenvalue weighted by Crippen LogP contribution is -1.88. The van der Waals surface area contributed by atoms with E-state index in [4.69, 9.17) is 11.6 Å². The summed E-state index contributed by atoms with van der Waals surface area (Å²) in [5, 5.41) is 6.18. The summed E-state index contributed by atoms with van der Waals surface area (Å²) in [4.78, 5) is 0. The van der Waals surface area contributed by atoms with Gasteiger partial charge in [0.25, 0.3) is 0 Å². The molecule has 0 amide bonds. The van der Waals surface area contributed by atoms with E-state index in [-0.39, 0.29) is 0 Å². The van der Waals surface area contributed by atoms with Gasteiger partial charge in [-0.2, -0.15) is 5.10 Å². The second-order valence-electron chi connectivity index (χ2n) is 2.87. The highest BCUT2D eigenvalue weighted by Crippen LogP contribution is 2.21. The molecule has 0 saturated heterocycles. The SMILES string of the molecule is CC.Cc1nn(C)c2ccc(Cl)cc12. The summed E-state index contributed by atoms with van der Waals surface area (Å²) in [6.07, 6.45) is 0. The van der Waals surface area contributed by atoms with Crippen molar-refractivity contribution in [3.8, 4) is 0 Å².